The first kappa shape index (κ1) is 17.6. The smallest absolute Gasteiger partial charge is 0.333 e. The lowest BCUT2D eigenvalue weighted by Gasteiger charge is -2.30. The van der Waals surface area contributed by atoms with Gasteiger partial charge in [0.05, 0.1) is 6.10 Å². The Bertz CT molecular complexity index is 393. The van der Waals surface area contributed by atoms with Crippen molar-refractivity contribution in [1.82, 2.24) is 0 Å². The zero-order valence-corrected chi connectivity index (χ0v) is 12.7. The molecule has 0 N–H and O–H groups in total. The first-order valence-electron chi connectivity index (χ1n) is 6.23. The van der Waals surface area contributed by atoms with Crippen molar-refractivity contribution in [2.24, 2.45) is 0 Å². The van der Waals surface area contributed by atoms with Crippen LogP contribution in [0.25, 0.3) is 0 Å². The molecule has 0 radical (unpaired) electrons. The van der Waals surface area contributed by atoms with E-state index in [4.69, 9.17) is 9.47 Å². The van der Waals surface area contributed by atoms with Gasteiger partial charge in [-0.25, -0.2) is 4.79 Å². The molecule has 4 nitrogen and oxygen atoms in total. The molecule has 0 rings (SSSR count). The normalized spacial score (nSPS) is 14.4. The maximum absolute atomic E-state index is 11.9. The van der Waals surface area contributed by atoms with Crippen molar-refractivity contribution in [3.63, 3.8) is 0 Å². The Balaban J connectivity index is 4.64. The molecule has 0 saturated carbocycles. The van der Waals surface area contributed by atoms with E-state index in [0.717, 1.165) is 0 Å². The molecule has 108 valence electrons. The molecule has 0 amide bonds. The van der Waals surface area contributed by atoms with Crippen molar-refractivity contribution < 1.29 is 19.1 Å². The van der Waals surface area contributed by atoms with Crippen LogP contribution in [0.4, 0.5) is 0 Å². The second-order valence-electron chi connectivity index (χ2n) is 5.33. The maximum atomic E-state index is 11.9. The van der Waals surface area contributed by atoms with Crippen molar-refractivity contribution in [1.29, 1.82) is 0 Å². The minimum absolute atomic E-state index is 0.169. The van der Waals surface area contributed by atoms with Crippen LogP contribution in [0.3, 0.4) is 0 Å². The van der Waals surface area contributed by atoms with Gasteiger partial charge in [-0.15, -0.1) is 0 Å². The van der Waals surface area contributed by atoms with Crippen LogP contribution in [0.15, 0.2) is 24.3 Å². The third kappa shape index (κ3) is 5.39. The lowest BCUT2D eigenvalue weighted by molar-refractivity contribution is -0.164. The summed E-state index contributed by atoms with van der Waals surface area (Å²) in [7, 11) is 0. The van der Waals surface area contributed by atoms with Crippen LogP contribution in [0, 0.1) is 0 Å². The predicted octanol–water partition coefficient (Wildman–Crippen LogP) is 2.82. The number of esters is 1. The van der Waals surface area contributed by atoms with E-state index >= 15 is 0 Å². The van der Waals surface area contributed by atoms with Gasteiger partial charge in [0.15, 0.2) is 5.78 Å². The van der Waals surface area contributed by atoms with E-state index in [2.05, 4.69) is 13.2 Å². The van der Waals surface area contributed by atoms with Crippen molar-refractivity contribution in [3.8, 4) is 0 Å². The van der Waals surface area contributed by atoms with E-state index in [0.29, 0.717) is 11.1 Å². The lowest BCUT2D eigenvalue weighted by atomic mass is 9.98. The summed E-state index contributed by atoms with van der Waals surface area (Å²) in [5.74, 6) is -0.634. The van der Waals surface area contributed by atoms with Crippen molar-refractivity contribution >= 4 is 11.8 Å². The van der Waals surface area contributed by atoms with Crippen LogP contribution in [0.1, 0.15) is 41.5 Å². The number of hydrogen-bond acceptors (Lipinski definition) is 4. The fourth-order valence-electron chi connectivity index (χ4n) is 1.49. The van der Waals surface area contributed by atoms with Gasteiger partial charge in [0.2, 0.25) is 0 Å². The summed E-state index contributed by atoms with van der Waals surface area (Å²) in [6.07, 6.45) is -0.886. The Hall–Kier alpha value is -1.42. The Morgan fingerprint density at radius 2 is 1.47 bits per heavy atom. The summed E-state index contributed by atoms with van der Waals surface area (Å²) in [6.45, 7) is 17.2. The molecule has 0 aromatic heterocycles. The van der Waals surface area contributed by atoms with Crippen molar-refractivity contribution in [3.05, 3.63) is 24.3 Å². The average molecular weight is 268 g/mol. The van der Waals surface area contributed by atoms with Crippen LogP contribution in [-0.2, 0) is 19.1 Å². The summed E-state index contributed by atoms with van der Waals surface area (Å²) < 4.78 is 10.8. The third-order valence-corrected chi connectivity index (χ3v) is 2.72. The van der Waals surface area contributed by atoms with Crippen LogP contribution in [-0.4, -0.2) is 29.6 Å². The molecule has 2 atom stereocenters. The van der Waals surface area contributed by atoms with Crippen LogP contribution < -0.4 is 0 Å². The highest BCUT2D eigenvalue weighted by molar-refractivity contribution is 6.00. The Morgan fingerprint density at radius 1 is 1.00 bits per heavy atom. The first-order valence-corrected chi connectivity index (χ1v) is 6.23. The van der Waals surface area contributed by atoms with Crippen LogP contribution >= 0.6 is 0 Å². The van der Waals surface area contributed by atoms with Gasteiger partial charge in [0.25, 0.3) is 0 Å². The molecule has 0 aromatic rings. The molecule has 4 heteroatoms. The van der Waals surface area contributed by atoms with Crippen molar-refractivity contribution in [2.75, 3.05) is 0 Å². The zero-order chi connectivity index (χ0) is 15.4. The molecule has 0 aliphatic rings. The standard InChI is InChI=1S/C15H24O4/c1-9(2)13(16)15(7,8)19-12(6)11(5)18-14(17)10(3)4/h11-12H,1,3H2,2,4-8H3. The zero-order valence-electron chi connectivity index (χ0n) is 12.7. The third-order valence-electron chi connectivity index (χ3n) is 2.72. The van der Waals surface area contributed by atoms with Crippen molar-refractivity contribution in [2.45, 2.75) is 59.4 Å². The van der Waals surface area contributed by atoms with Gasteiger partial charge in [0.1, 0.15) is 11.7 Å². The van der Waals surface area contributed by atoms with Gasteiger partial charge in [-0.1, -0.05) is 13.2 Å². The van der Waals surface area contributed by atoms with E-state index in [1.165, 1.54) is 0 Å². The topological polar surface area (TPSA) is 52.6 Å². The highest BCUT2D eigenvalue weighted by Crippen LogP contribution is 2.20. The molecule has 0 heterocycles. The number of Topliss-reactive ketones (excluding diaryl/α,β-unsaturated/α-hetero) is 1. The molecule has 2 unspecified atom stereocenters. The van der Waals surface area contributed by atoms with E-state index < -0.39 is 23.8 Å². The Labute approximate surface area is 115 Å². The lowest BCUT2D eigenvalue weighted by Crippen LogP contribution is -2.42. The summed E-state index contributed by atoms with van der Waals surface area (Å²) >= 11 is 0. The van der Waals surface area contributed by atoms with Gasteiger partial charge in [0, 0.05) is 5.57 Å². The SMILES string of the molecule is C=C(C)C(=O)OC(C)C(C)OC(C)(C)C(=O)C(=C)C. The van der Waals surface area contributed by atoms with E-state index in [9.17, 15) is 9.59 Å². The molecular weight excluding hydrogens is 244 g/mol. The highest BCUT2D eigenvalue weighted by atomic mass is 16.6. The van der Waals surface area contributed by atoms with Gasteiger partial charge >= 0.3 is 5.97 Å². The number of carbonyl (C=O) groups is 2. The minimum atomic E-state index is -0.991. The summed E-state index contributed by atoms with van der Waals surface area (Å²) in [4.78, 5) is 23.3. The number of ketones is 1. The number of rotatable bonds is 7. The second-order valence-corrected chi connectivity index (χ2v) is 5.33. The number of carbonyl (C=O) groups excluding carboxylic acids is 2. The fourth-order valence-corrected chi connectivity index (χ4v) is 1.49. The summed E-state index contributed by atoms with van der Waals surface area (Å²) in [6, 6.07) is 0. The molecule has 0 aliphatic heterocycles. The van der Waals surface area contributed by atoms with E-state index in [-0.39, 0.29) is 5.78 Å². The summed E-state index contributed by atoms with van der Waals surface area (Å²) in [5.41, 5.74) is -0.227. The first-order chi connectivity index (χ1) is 8.49. The van der Waals surface area contributed by atoms with Gasteiger partial charge < -0.3 is 9.47 Å². The Morgan fingerprint density at radius 3 is 1.84 bits per heavy atom. The predicted molar refractivity (Wildman–Crippen MR) is 74.8 cm³/mol. The van der Waals surface area contributed by atoms with Crippen LogP contribution in [0.2, 0.25) is 0 Å². The van der Waals surface area contributed by atoms with Gasteiger partial charge in [-0.2, -0.15) is 0 Å². The molecule has 0 aromatic carbocycles. The minimum Gasteiger partial charge on any atom is -0.457 e. The molecular formula is C15H24O4. The number of ether oxygens (including phenoxy) is 2. The second kappa shape index (κ2) is 6.66. The average Bonchev–Trinajstić information content (AvgIpc) is 2.26. The maximum Gasteiger partial charge on any atom is 0.333 e. The fraction of sp³-hybridized carbons (Fsp3) is 0.600. The molecule has 0 fully saturated rings. The molecule has 0 bridgehead atoms. The Kier molecular flexibility index (Phi) is 6.16. The summed E-state index contributed by atoms with van der Waals surface area (Å²) in [5, 5.41) is 0. The van der Waals surface area contributed by atoms with Crippen LogP contribution in [0.5, 0.6) is 0 Å². The quantitative estimate of drug-likeness (QED) is 0.526. The molecule has 0 spiro atoms. The molecule has 0 aliphatic carbocycles. The molecule has 0 saturated heterocycles. The monoisotopic (exact) mass is 268 g/mol. The number of hydrogen-bond donors (Lipinski definition) is 0. The largest absolute Gasteiger partial charge is 0.457 e. The van der Waals surface area contributed by atoms with E-state index in [1.54, 1.807) is 41.5 Å². The van der Waals surface area contributed by atoms with Gasteiger partial charge in [-0.05, 0) is 47.1 Å². The van der Waals surface area contributed by atoms with Gasteiger partial charge in [-0.3, -0.25) is 4.79 Å². The van der Waals surface area contributed by atoms with E-state index in [1.807, 2.05) is 0 Å². The molecule has 19 heavy (non-hydrogen) atoms. The highest BCUT2D eigenvalue weighted by Gasteiger charge is 2.33.